The summed E-state index contributed by atoms with van der Waals surface area (Å²) >= 11 is 0. The van der Waals surface area contributed by atoms with Gasteiger partial charge in [0.15, 0.2) is 5.69 Å². The normalized spacial score (nSPS) is 10.2. The van der Waals surface area contributed by atoms with Crippen LogP contribution in [0.2, 0.25) is 0 Å². The maximum Gasteiger partial charge on any atom is 0.356 e. The number of nitro groups is 1. The van der Waals surface area contributed by atoms with E-state index in [0.717, 1.165) is 11.8 Å². The fraction of sp³-hybridized carbons (Fsp3) is 0.154. The molecule has 6 nitrogen and oxygen atoms in total. The molecule has 0 aliphatic rings. The van der Waals surface area contributed by atoms with Crippen molar-refractivity contribution in [2.45, 2.75) is 13.5 Å². The summed E-state index contributed by atoms with van der Waals surface area (Å²) in [5.41, 5.74) is 1.53. The van der Waals surface area contributed by atoms with Crippen LogP contribution in [0.15, 0.2) is 42.6 Å². The topological polar surface area (TPSA) is 82.1 Å². The van der Waals surface area contributed by atoms with E-state index in [2.05, 4.69) is 5.32 Å². The van der Waals surface area contributed by atoms with Gasteiger partial charge in [0.1, 0.15) is 5.69 Å². The Hall–Kier alpha value is -2.63. The number of aryl methyl sites for hydroxylation is 1. The summed E-state index contributed by atoms with van der Waals surface area (Å²) in [5.74, 6) is 0. The smallest absolute Gasteiger partial charge is 0.356 e. The van der Waals surface area contributed by atoms with E-state index in [1.807, 2.05) is 30.3 Å². The van der Waals surface area contributed by atoms with Crippen LogP contribution < -0.4 is 10.0 Å². The fourth-order valence-corrected chi connectivity index (χ4v) is 1.71. The van der Waals surface area contributed by atoms with Crippen LogP contribution >= 0.6 is 0 Å². The molecule has 98 valence electrons. The summed E-state index contributed by atoms with van der Waals surface area (Å²) < 4.78 is 0.492. The van der Waals surface area contributed by atoms with Crippen molar-refractivity contribution in [3.8, 4) is 0 Å². The van der Waals surface area contributed by atoms with Crippen molar-refractivity contribution in [1.82, 2.24) is 0 Å². The summed E-state index contributed by atoms with van der Waals surface area (Å²) in [6, 6.07) is 11.0. The monoisotopic (exact) mass is 259 g/mol. The van der Waals surface area contributed by atoms with E-state index in [4.69, 9.17) is 0 Å². The van der Waals surface area contributed by atoms with Gasteiger partial charge < -0.3 is 10.5 Å². The summed E-state index contributed by atoms with van der Waals surface area (Å²) in [4.78, 5) is 10.3. The van der Waals surface area contributed by atoms with Crippen LogP contribution in [0.3, 0.4) is 0 Å². The molecule has 1 N–H and O–H groups in total. The van der Waals surface area contributed by atoms with Gasteiger partial charge in [-0.15, -0.1) is 0 Å². The van der Waals surface area contributed by atoms with E-state index < -0.39 is 4.92 Å². The minimum atomic E-state index is -0.568. The Bertz CT molecular complexity index is 600. The van der Waals surface area contributed by atoms with Gasteiger partial charge in [0.25, 0.3) is 6.20 Å². The van der Waals surface area contributed by atoms with Gasteiger partial charge in [-0.3, -0.25) is 10.1 Å². The highest BCUT2D eigenvalue weighted by atomic mass is 16.6. The highest BCUT2D eigenvalue weighted by molar-refractivity contribution is 5.59. The lowest BCUT2D eigenvalue weighted by molar-refractivity contribution is -0.616. The molecule has 0 saturated carbocycles. The maximum absolute atomic E-state index is 11.4. The van der Waals surface area contributed by atoms with Gasteiger partial charge in [0.2, 0.25) is 0 Å². The van der Waals surface area contributed by atoms with Gasteiger partial charge in [0.05, 0.1) is 4.92 Å². The first-order chi connectivity index (χ1) is 9.08. The molecule has 1 aromatic heterocycles. The minimum absolute atomic E-state index is 0.225. The third-order valence-corrected chi connectivity index (χ3v) is 2.74. The van der Waals surface area contributed by atoms with Crippen LogP contribution in [0, 0.1) is 22.2 Å². The van der Waals surface area contributed by atoms with Gasteiger partial charge in [0, 0.05) is 19.5 Å². The largest absolute Gasteiger partial charge is 0.618 e. The quantitative estimate of drug-likeness (QED) is 0.394. The maximum atomic E-state index is 11.4. The molecule has 1 heterocycles. The molecule has 2 aromatic rings. The molecule has 0 fully saturated rings. The molecule has 0 atom stereocenters. The lowest BCUT2D eigenvalue weighted by Crippen LogP contribution is -2.30. The second-order valence-corrected chi connectivity index (χ2v) is 4.14. The van der Waals surface area contributed by atoms with Crippen molar-refractivity contribution in [3.63, 3.8) is 0 Å². The van der Waals surface area contributed by atoms with Crippen LogP contribution in [0.25, 0.3) is 0 Å². The standard InChI is InChI=1S/C13H13N3O3/c1-10-7-12(13(16(18)19)9-15(10)17)14-8-11-5-3-2-4-6-11/h2-7,9,14H,8H2,1H3. The molecule has 1 aromatic carbocycles. The average molecular weight is 259 g/mol. The first kappa shape index (κ1) is 12.8. The molecule has 19 heavy (non-hydrogen) atoms. The molecular weight excluding hydrogens is 246 g/mol. The molecule has 6 heteroatoms. The first-order valence-electron chi connectivity index (χ1n) is 5.74. The van der Waals surface area contributed by atoms with Gasteiger partial charge in [-0.2, -0.15) is 4.73 Å². The zero-order valence-corrected chi connectivity index (χ0v) is 10.4. The van der Waals surface area contributed by atoms with Gasteiger partial charge in [-0.1, -0.05) is 30.3 Å². The Morgan fingerprint density at radius 2 is 2.00 bits per heavy atom. The predicted molar refractivity (Wildman–Crippen MR) is 70.6 cm³/mol. The van der Waals surface area contributed by atoms with Crippen LogP contribution in [0.5, 0.6) is 0 Å². The molecule has 2 rings (SSSR count). The number of anilines is 1. The van der Waals surface area contributed by atoms with Crippen molar-refractivity contribution in [2.24, 2.45) is 0 Å². The lowest BCUT2D eigenvalue weighted by atomic mass is 10.2. The molecule has 0 unspecified atom stereocenters. The number of aromatic nitrogens is 1. The summed E-state index contributed by atoms with van der Waals surface area (Å²) in [7, 11) is 0. The molecule has 0 radical (unpaired) electrons. The highest BCUT2D eigenvalue weighted by Gasteiger charge is 2.19. The summed E-state index contributed by atoms with van der Waals surface area (Å²) in [6.45, 7) is 2.06. The number of benzene rings is 1. The zero-order chi connectivity index (χ0) is 13.8. The number of hydrogen-bond donors (Lipinski definition) is 1. The summed E-state index contributed by atoms with van der Waals surface area (Å²) in [6.07, 6.45) is 0.975. The van der Waals surface area contributed by atoms with Crippen LogP contribution in [-0.4, -0.2) is 4.92 Å². The molecule has 0 bridgehead atoms. The summed E-state index contributed by atoms with van der Waals surface area (Å²) in [5, 5.41) is 25.3. The van der Waals surface area contributed by atoms with Crippen LogP contribution in [0.4, 0.5) is 11.4 Å². The van der Waals surface area contributed by atoms with Gasteiger partial charge in [-0.05, 0) is 5.56 Å². The Kier molecular flexibility index (Phi) is 3.61. The third-order valence-electron chi connectivity index (χ3n) is 2.74. The van der Waals surface area contributed by atoms with Crippen LogP contribution in [0.1, 0.15) is 11.3 Å². The van der Waals surface area contributed by atoms with Crippen molar-refractivity contribution in [2.75, 3.05) is 5.32 Å². The number of nitrogens with one attached hydrogen (secondary N) is 1. The van der Waals surface area contributed by atoms with E-state index >= 15 is 0 Å². The predicted octanol–water partition coefficient (Wildman–Crippen LogP) is 2.15. The zero-order valence-electron chi connectivity index (χ0n) is 10.4. The van der Waals surface area contributed by atoms with Crippen molar-refractivity contribution in [1.29, 1.82) is 0 Å². The third kappa shape index (κ3) is 2.98. The average Bonchev–Trinajstić information content (AvgIpc) is 2.40. The van der Waals surface area contributed by atoms with Crippen molar-refractivity contribution < 1.29 is 9.65 Å². The van der Waals surface area contributed by atoms with E-state index in [1.165, 1.54) is 6.07 Å². The number of rotatable bonds is 4. The Morgan fingerprint density at radius 1 is 1.32 bits per heavy atom. The molecule has 0 aliphatic carbocycles. The van der Waals surface area contributed by atoms with E-state index in [9.17, 15) is 15.3 Å². The Balaban J connectivity index is 2.24. The van der Waals surface area contributed by atoms with Crippen molar-refractivity contribution in [3.05, 3.63) is 69.2 Å². The molecule has 0 aliphatic heterocycles. The van der Waals surface area contributed by atoms with Crippen LogP contribution in [-0.2, 0) is 6.54 Å². The van der Waals surface area contributed by atoms with E-state index in [1.54, 1.807) is 6.92 Å². The minimum Gasteiger partial charge on any atom is -0.618 e. The Labute approximate surface area is 110 Å². The lowest BCUT2D eigenvalue weighted by Gasteiger charge is -2.08. The second-order valence-electron chi connectivity index (χ2n) is 4.14. The molecule has 0 spiro atoms. The number of nitrogens with zero attached hydrogens (tertiary/aromatic N) is 2. The Morgan fingerprint density at radius 3 is 2.63 bits per heavy atom. The molecular formula is C13H13N3O3. The second kappa shape index (κ2) is 5.34. The van der Waals surface area contributed by atoms with E-state index in [0.29, 0.717) is 22.7 Å². The SMILES string of the molecule is Cc1cc(NCc2ccccc2)c([N+](=O)[O-])c[n+]1[O-]. The fourth-order valence-electron chi connectivity index (χ4n) is 1.71. The van der Waals surface area contributed by atoms with E-state index in [-0.39, 0.29) is 5.69 Å². The number of pyridine rings is 1. The highest BCUT2D eigenvalue weighted by Crippen LogP contribution is 2.23. The number of hydrogen-bond acceptors (Lipinski definition) is 4. The van der Waals surface area contributed by atoms with Gasteiger partial charge in [-0.25, -0.2) is 0 Å². The molecule has 0 saturated heterocycles. The molecule has 0 amide bonds. The first-order valence-corrected chi connectivity index (χ1v) is 5.74. The van der Waals surface area contributed by atoms with Crippen molar-refractivity contribution >= 4 is 11.4 Å². The van der Waals surface area contributed by atoms with Gasteiger partial charge >= 0.3 is 5.69 Å².